The molecule has 1 fully saturated rings. The molecule has 0 saturated carbocycles. The Labute approximate surface area is 150 Å². The van der Waals surface area contributed by atoms with Crippen LogP contribution in [0.3, 0.4) is 0 Å². The predicted molar refractivity (Wildman–Crippen MR) is 96.1 cm³/mol. The Morgan fingerprint density at radius 2 is 2.04 bits per heavy atom. The summed E-state index contributed by atoms with van der Waals surface area (Å²) in [7, 11) is 1.69. The molecule has 1 aliphatic rings. The first kappa shape index (κ1) is 16.9. The van der Waals surface area contributed by atoms with Gasteiger partial charge in [0.25, 0.3) is 5.91 Å². The van der Waals surface area contributed by atoms with E-state index in [0.29, 0.717) is 5.56 Å². The lowest BCUT2D eigenvalue weighted by molar-refractivity contribution is 0.0627. The lowest BCUT2D eigenvalue weighted by atomic mass is 10.1. The number of hydrogen-bond donors (Lipinski definition) is 0. The van der Waals surface area contributed by atoms with Gasteiger partial charge >= 0.3 is 0 Å². The fourth-order valence-corrected chi connectivity index (χ4v) is 3.30. The summed E-state index contributed by atoms with van der Waals surface area (Å²) in [6.45, 7) is 3.97. The van der Waals surface area contributed by atoms with E-state index in [1.807, 2.05) is 23.1 Å². The average Bonchev–Trinajstić information content (AvgIpc) is 2.63. The third-order valence-electron chi connectivity index (χ3n) is 4.20. The van der Waals surface area contributed by atoms with Gasteiger partial charge < -0.3 is 9.64 Å². The maximum atomic E-state index is 12.5. The highest BCUT2D eigenvalue weighted by Gasteiger charge is 2.22. The number of halogens is 1. The molecule has 1 amide bonds. The molecule has 0 spiro atoms. The minimum Gasteiger partial charge on any atom is -0.496 e. The Hall–Kier alpha value is -1.92. The Bertz CT molecular complexity index is 701. The minimum absolute atomic E-state index is 0.0581. The molecule has 2 heterocycles. The van der Waals surface area contributed by atoms with Crippen LogP contribution in [0.4, 0.5) is 0 Å². The van der Waals surface area contributed by atoms with E-state index in [2.05, 4.69) is 31.9 Å². The van der Waals surface area contributed by atoms with E-state index >= 15 is 0 Å². The fourth-order valence-electron chi connectivity index (χ4n) is 2.89. The predicted octanol–water partition coefficient (Wildman–Crippen LogP) is 2.81. The van der Waals surface area contributed by atoms with Gasteiger partial charge in [0.15, 0.2) is 0 Å². The number of benzene rings is 1. The molecular formula is C18H20BrN3O2. The maximum Gasteiger partial charge on any atom is 0.255 e. The van der Waals surface area contributed by atoms with Crippen LogP contribution in [0.5, 0.6) is 5.75 Å². The number of nitrogens with zero attached hydrogens (tertiary/aromatic N) is 3. The molecule has 3 rings (SSSR count). The van der Waals surface area contributed by atoms with Crippen LogP contribution in [0.25, 0.3) is 0 Å². The molecule has 0 atom stereocenters. The summed E-state index contributed by atoms with van der Waals surface area (Å²) in [6, 6.07) is 9.65. The van der Waals surface area contributed by atoms with Crippen molar-refractivity contribution in [3.05, 3.63) is 58.3 Å². The Morgan fingerprint density at radius 3 is 2.71 bits per heavy atom. The monoisotopic (exact) mass is 389 g/mol. The number of aromatic nitrogens is 1. The van der Waals surface area contributed by atoms with Crippen molar-refractivity contribution in [3.8, 4) is 5.75 Å². The molecule has 2 aromatic rings. The summed E-state index contributed by atoms with van der Waals surface area (Å²) < 4.78 is 6.49. The van der Waals surface area contributed by atoms with Gasteiger partial charge in [0.2, 0.25) is 0 Å². The van der Waals surface area contributed by atoms with Crippen LogP contribution in [-0.4, -0.2) is 54.0 Å². The Morgan fingerprint density at radius 1 is 1.25 bits per heavy atom. The van der Waals surface area contributed by atoms with Gasteiger partial charge in [-0.1, -0.05) is 15.9 Å². The molecule has 5 nitrogen and oxygen atoms in total. The summed E-state index contributed by atoms with van der Waals surface area (Å²) in [5.41, 5.74) is 1.80. The summed E-state index contributed by atoms with van der Waals surface area (Å²) in [5, 5.41) is 0. The second-order valence-electron chi connectivity index (χ2n) is 5.77. The molecule has 0 bridgehead atoms. The van der Waals surface area contributed by atoms with Crippen LogP contribution in [0, 0.1) is 0 Å². The number of ether oxygens (including phenoxy) is 1. The van der Waals surface area contributed by atoms with Crippen LogP contribution in [0.1, 0.15) is 15.9 Å². The molecule has 0 radical (unpaired) electrons. The van der Waals surface area contributed by atoms with Crippen molar-refractivity contribution in [1.29, 1.82) is 0 Å². The second-order valence-corrected chi connectivity index (χ2v) is 6.68. The molecule has 1 aromatic carbocycles. The first-order valence-electron chi connectivity index (χ1n) is 7.91. The van der Waals surface area contributed by atoms with E-state index in [1.165, 1.54) is 0 Å². The highest BCUT2D eigenvalue weighted by Crippen LogP contribution is 2.24. The number of methoxy groups -OCH3 is 1. The lowest BCUT2D eigenvalue weighted by Crippen LogP contribution is -2.48. The van der Waals surface area contributed by atoms with Crippen molar-refractivity contribution in [2.75, 3.05) is 33.3 Å². The van der Waals surface area contributed by atoms with Gasteiger partial charge in [-0.3, -0.25) is 14.7 Å². The van der Waals surface area contributed by atoms with Crippen LogP contribution >= 0.6 is 15.9 Å². The summed E-state index contributed by atoms with van der Waals surface area (Å²) in [6.07, 6.45) is 3.31. The number of carbonyl (C=O) groups excluding carboxylic acids is 1. The SMILES string of the molecule is COc1ccc(Br)cc1CN1CCN(C(=O)c2cccnc2)CC1. The zero-order valence-electron chi connectivity index (χ0n) is 13.6. The topological polar surface area (TPSA) is 45.7 Å². The largest absolute Gasteiger partial charge is 0.496 e. The number of amides is 1. The van der Waals surface area contributed by atoms with Crippen molar-refractivity contribution < 1.29 is 9.53 Å². The van der Waals surface area contributed by atoms with Gasteiger partial charge in [0, 0.05) is 55.2 Å². The van der Waals surface area contributed by atoms with E-state index in [-0.39, 0.29) is 5.91 Å². The first-order chi connectivity index (χ1) is 11.7. The normalized spacial score (nSPS) is 15.3. The van der Waals surface area contributed by atoms with Gasteiger partial charge in [-0.05, 0) is 30.3 Å². The van der Waals surface area contributed by atoms with Crippen molar-refractivity contribution in [1.82, 2.24) is 14.8 Å². The minimum atomic E-state index is 0.0581. The number of piperazine rings is 1. The molecule has 126 valence electrons. The molecule has 6 heteroatoms. The van der Waals surface area contributed by atoms with Crippen LogP contribution < -0.4 is 4.74 Å². The summed E-state index contributed by atoms with van der Waals surface area (Å²) >= 11 is 3.51. The van der Waals surface area contributed by atoms with E-state index in [1.54, 1.807) is 25.6 Å². The van der Waals surface area contributed by atoms with Gasteiger partial charge in [0.1, 0.15) is 5.75 Å². The molecule has 0 unspecified atom stereocenters. The molecule has 0 aliphatic carbocycles. The molecule has 1 aliphatic heterocycles. The van der Waals surface area contributed by atoms with Gasteiger partial charge in [0.05, 0.1) is 12.7 Å². The van der Waals surface area contributed by atoms with Crippen LogP contribution in [0.15, 0.2) is 47.2 Å². The van der Waals surface area contributed by atoms with Crippen molar-refractivity contribution in [3.63, 3.8) is 0 Å². The molecule has 0 N–H and O–H groups in total. The van der Waals surface area contributed by atoms with Gasteiger partial charge in [-0.25, -0.2) is 0 Å². The lowest BCUT2D eigenvalue weighted by Gasteiger charge is -2.35. The van der Waals surface area contributed by atoms with Gasteiger partial charge in [-0.2, -0.15) is 0 Å². The van der Waals surface area contributed by atoms with Crippen LogP contribution in [0.2, 0.25) is 0 Å². The summed E-state index contributed by atoms with van der Waals surface area (Å²) in [5.74, 6) is 0.954. The number of rotatable bonds is 4. The maximum absolute atomic E-state index is 12.5. The summed E-state index contributed by atoms with van der Waals surface area (Å²) in [4.78, 5) is 20.7. The molecule has 1 aromatic heterocycles. The third-order valence-corrected chi connectivity index (χ3v) is 4.70. The standard InChI is InChI=1S/C18H20BrN3O2/c1-24-17-5-4-16(19)11-15(17)13-21-7-9-22(10-8-21)18(23)14-3-2-6-20-12-14/h2-6,11-12H,7-10,13H2,1H3. The number of hydrogen-bond acceptors (Lipinski definition) is 4. The zero-order valence-corrected chi connectivity index (χ0v) is 15.2. The van der Waals surface area contributed by atoms with Crippen molar-refractivity contribution >= 4 is 21.8 Å². The number of pyridine rings is 1. The fraction of sp³-hybridized carbons (Fsp3) is 0.333. The smallest absolute Gasteiger partial charge is 0.255 e. The number of carbonyl (C=O) groups is 1. The average molecular weight is 390 g/mol. The van der Waals surface area contributed by atoms with E-state index in [4.69, 9.17) is 4.74 Å². The first-order valence-corrected chi connectivity index (χ1v) is 8.71. The quantitative estimate of drug-likeness (QED) is 0.806. The van der Waals surface area contributed by atoms with Crippen molar-refractivity contribution in [2.24, 2.45) is 0 Å². The Kier molecular flexibility index (Phi) is 5.48. The molecular weight excluding hydrogens is 370 g/mol. The zero-order chi connectivity index (χ0) is 16.9. The Balaban J connectivity index is 1.60. The second kappa shape index (κ2) is 7.77. The van der Waals surface area contributed by atoms with E-state index < -0.39 is 0 Å². The van der Waals surface area contributed by atoms with Crippen molar-refractivity contribution in [2.45, 2.75) is 6.54 Å². The molecule has 1 saturated heterocycles. The van der Waals surface area contributed by atoms with E-state index in [0.717, 1.165) is 48.5 Å². The van der Waals surface area contributed by atoms with Gasteiger partial charge in [-0.15, -0.1) is 0 Å². The third kappa shape index (κ3) is 3.94. The molecule has 24 heavy (non-hydrogen) atoms. The highest BCUT2D eigenvalue weighted by molar-refractivity contribution is 9.10. The van der Waals surface area contributed by atoms with Crippen LogP contribution in [-0.2, 0) is 6.54 Å². The van der Waals surface area contributed by atoms with E-state index in [9.17, 15) is 4.79 Å². The highest BCUT2D eigenvalue weighted by atomic mass is 79.9.